The number of halogens is 11. The van der Waals surface area contributed by atoms with Crippen LogP contribution >= 0.6 is 11.6 Å². The van der Waals surface area contributed by atoms with Gasteiger partial charge >= 0.3 is 18.7 Å². The number of carbonyl (C=O) groups is 1. The summed E-state index contributed by atoms with van der Waals surface area (Å²) in [6, 6.07) is 3.05. The maximum absolute atomic E-state index is 14.6. The lowest BCUT2D eigenvalue weighted by Crippen LogP contribution is -2.20. The van der Waals surface area contributed by atoms with Gasteiger partial charge in [0.15, 0.2) is 5.78 Å². The molecule has 0 spiro atoms. The summed E-state index contributed by atoms with van der Waals surface area (Å²) in [5, 5.41) is -0.684. The van der Waals surface area contributed by atoms with Crippen LogP contribution in [0.4, 0.5) is 43.9 Å². The molecule has 180 valence electrons. The predicted octanol–water partition coefficient (Wildman–Crippen LogP) is 8.12. The highest BCUT2D eigenvalue weighted by Crippen LogP contribution is 2.42. The summed E-state index contributed by atoms with van der Waals surface area (Å²) in [6.07, 6.45) is -15.8. The number of carbonyl (C=O) groups excluding carboxylic acids is 1. The maximum atomic E-state index is 14.6. The van der Waals surface area contributed by atoms with Crippen molar-refractivity contribution < 1.29 is 53.4 Å². The van der Waals surface area contributed by atoms with E-state index in [-0.39, 0.29) is 18.2 Å². The fourth-order valence-corrected chi connectivity index (χ4v) is 2.93. The molecule has 33 heavy (non-hydrogen) atoms. The molecule has 0 aliphatic carbocycles. The van der Waals surface area contributed by atoms with Crippen molar-refractivity contribution in [3.8, 4) is 5.75 Å². The van der Waals surface area contributed by atoms with Crippen LogP contribution in [-0.4, -0.2) is 18.3 Å². The monoisotopic (exact) mass is 508 g/mol. The van der Waals surface area contributed by atoms with E-state index in [0.29, 0.717) is 24.3 Å². The van der Waals surface area contributed by atoms with Crippen molar-refractivity contribution in [1.29, 1.82) is 0 Å². The van der Waals surface area contributed by atoms with E-state index in [1.54, 1.807) is 0 Å². The summed E-state index contributed by atoms with van der Waals surface area (Å²) in [6.45, 7) is 0.817. The third kappa shape index (κ3) is 6.86. The third-order valence-electron chi connectivity index (χ3n) is 4.19. The molecule has 0 heterocycles. The minimum absolute atomic E-state index is 0.108. The normalized spacial score (nSPS) is 14.2. The molecule has 1 atom stereocenters. The lowest BCUT2D eigenvalue weighted by Gasteiger charge is -2.20. The molecule has 0 aromatic heterocycles. The van der Waals surface area contributed by atoms with Gasteiger partial charge in [0, 0.05) is 11.1 Å². The first-order valence-corrected chi connectivity index (χ1v) is 8.99. The number of benzene rings is 2. The smallest absolute Gasteiger partial charge is 0.404 e. The molecule has 0 saturated heterocycles. The Bertz CT molecular complexity index is 1070. The zero-order valence-electron chi connectivity index (χ0n) is 16.1. The average Bonchev–Trinajstić information content (AvgIpc) is 2.64. The van der Waals surface area contributed by atoms with Crippen molar-refractivity contribution in [2.75, 3.05) is 0 Å². The number of hydrogen-bond donors (Lipinski definition) is 0. The van der Waals surface area contributed by atoms with Gasteiger partial charge in [-0.05, 0) is 36.8 Å². The standard InChI is InChI=1S/C20H11ClF10O2/c1-9(32)12-4-2-11(6-14(12)19(26,27)28)16(22)8-13(18(23,24)25)10-3-5-15(21)17(7-10)33-20(29,30)31/h2-8,13H,1H3/b16-8-. The van der Waals surface area contributed by atoms with Gasteiger partial charge in [0.05, 0.1) is 10.6 Å². The molecule has 2 aromatic rings. The fourth-order valence-electron chi connectivity index (χ4n) is 2.77. The van der Waals surface area contributed by atoms with Crippen molar-refractivity contribution >= 4 is 23.2 Å². The molecule has 0 bridgehead atoms. The summed E-state index contributed by atoms with van der Waals surface area (Å²) in [7, 11) is 0. The van der Waals surface area contributed by atoms with Crippen molar-refractivity contribution in [1.82, 2.24) is 0 Å². The minimum atomic E-state index is -5.29. The molecule has 0 fully saturated rings. The lowest BCUT2D eigenvalue weighted by molar-refractivity contribution is -0.274. The van der Waals surface area contributed by atoms with Crippen LogP contribution in [0.3, 0.4) is 0 Å². The summed E-state index contributed by atoms with van der Waals surface area (Å²) >= 11 is 5.49. The van der Waals surface area contributed by atoms with Crippen LogP contribution in [0.2, 0.25) is 5.02 Å². The zero-order chi connectivity index (χ0) is 25.4. The molecule has 1 unspecified atom stereocenters. The number of allylic oxidation sites excluding steroid dienone is 1. The van der Waals surface area contributed by atoms with Gasteiger partial charge in [-0.2, -0.15) is 26.3 Å². The largest absolute Gasteiger partial charge is 0.573 e. The van der Waals surface area contributed by atoms with E-state index in [2.05, 4.69) is 4.74 Å². The van der Waals surface area contributed by atoms with Crippen LogP contribution in [0, 0.1) is 0 Å². The third-order valence-corrected chi connectivity index (χ3v) is 4.50. The Balaban J connectivity index is 2.59. The number of alkyl halides is 9. The van der Waals surface area contributed by atoms with E-state index in [1.807, 2.05) is 0 Å². The highest BCUT2D eigenvalue weighted by molar-refractivity contribution is 6.32. The Hall–Kier alpha value is -2.76. The molecule has 0 radical (unpaired) electrons. The van der Waals surface area contributed by atoms with E-state index in [1.165, 1.54) is 0 Å². The summed E-state index contributed by atoms with van der Waals surface area (Å²) < 4.78 is 136. The molecular formula is C20H11ClF10O2. The molecule has 2 rings (SSSR count). The second-order valence-electron chi connectivity index (χ2n) is 6.59. The van der Waals surface area contributed by atoms with Crippen molar-refractivity contribution in [3.63, 3.8) is 0 Å². The summed E-state index contributed by atoms with van der Waals surface area (Å²) in [5.41, 5.74) is -4.23. The second kappa shape index (κ2) is 9.24. The number of ketones is 1. The maximum Gasteiger partial charge on any atom is 0.573 e. The summed E-state index contributed by atoms with van der Waals surface area (Å²) in [5.74, 6) is -6.82. The van der Waals surface area contributed by atoms with Gasteiger partial charge in [0.25, 0.3) is 0 Å². The van der Waals surface area contributed by atoms with Crippen LogP contribution in [0.25, 0.3) is 5.83 Å². The van der Waals surface area contributed by atoms with Gasteiger partial charge in [-0.15, -0.1) is 13.2 Å². The Morgan fingerprint density at radius 1 is 0.970 bits per heavy atom. The summed E-state index contributed by atoms with van der Waals surface area (Å²) in [4.78, 5) is 11.4. The van der Waals surface area contributed by atoms with E-state index in [4.69, 9.17) is 11.6 Å². The van der Waals surface area contributed by atoms with E-state index >= 15 is 0 Å². The molecule has 0 N–H and O–H groups in total. The van der Waals surface area contributed by atoms with Crippen molar-refractivity contribution in [2.45, 2.75) is 31.6 Å². The van der Waals surface area contributed by atoms with Gasteiger partial charge in [-0.1, -0.05) is 29.8 Å². The van der Waals surface area contributed by atoms with Crippen LogP contribution < -0.4 is 4.74 Å². The first-order chi connectivity index (χ1) is 14.9. The van der Waals surface area contributed by atoms with Crippen LogP contribution in [0.5, 0.6) is 5.75 Å². The van der Waals surface area contributed by atoms with Gasteiger partial charge in [0.2, 0.25) is 0 Å². The lowest BCUT2D eigenvalue weighted by atomic mass is 9.95. The average molecular weight is 509 g/mol. The fraction of sp³-hybridized carbons (Fsp3) is 0.250. The zero-order valence-corrected chi connectivity index (χ0v) is 16.8. The van der Waals surface area contributed by atoms with Gasteiger partial charge in [-0.25, -0.2) is 4.39 Å². The van der Waals surface area contributed by atoms with E-state index in [9.17, 15) is 48.7 Å². The Labute approximate surface area is 184 Å². The Morgan fingerprint density at radius 3 is 2.06 bits per heavy atom. The highest BCUT2D eigenvalue weighted by atomic mass is 35.5. The van der Waals surface area contributed by atoms with Gasteiger partial charge in [-0.3, -0.25) is 4.79 Å². The first kappa shape index (κ1) is 26.5. The molecule has 13 heteroatoms. The SMILES string of the molecule is CC(=O)c1ccc(/C(F)=C/C(c2ccc(Cl)c(OC(F)(F)F)c2)C(F)(F)F)cc1C(F)(F)F. The van der Waals surface area contributed by atoms with E-state index < -0.39 is 69.3 Å². The Morgan fingerprint density at radius 2 is 1.58 bits per heavy atom. The van der Waals surface area contributed by atoms with Crippen LogP contribution in [0.1, 0.15) is 39.9 Å². The second-order valence-corrected chi connectivity index (χ2v) is 6.99. The first-order valence-electron chi connectivity index (χ1n) is 8.62. The highest BCUT2D eigenvalue weighted by Gasteiger charge is 2.41. The minimum Gasteiger partial charge on any atom is -0.404 e. The number of ether oxygens (including phenoxy) is 1. The van der Waals surface area contributed by atoms with Crippen LogP contribution in [0.15, 0.2) is 42.5 Å². The number of rotatable bonds is 5. The molecule has 2 aromatic carbocycles. The van der Waals surface area contributed by atoms with Crippen molar-refractivity contribution in [2.24, 2.45) is 0 Å². The Kier molecular flexibility index (Phi) is 7.42. The number of hydrogen-bond acceptors (Lipinski definition) is 2. The molecule has 2 nitrogen and oxygen atoms in total. The predicted molar refractivity (Wildman–Crippen MR) is 97.5 cm³/mol. The van der Waals surface area contributed by atoms with E-state index in [0.717, 1.165) is 6.92 Å². The number of Topliss-reactive ketones (excluding diaryl/α,β-unsaturated/α-hetero) is 1. The molecule has 0 saturated carbocycles. The topological polar surface area (TPSA) is 26.3 Å². The molecule has 0 amide bonds. The van der Waals surface area contributed by atoms with Gasteiger partial charge < -0.3 is 4.74 Å². The van der Waals surface area contributed by atoms with Crippen molar-refractivity contribution in [3.05, 3.63) is 69.8 Å². The van der Waals surface area contributed by atoms with Crippen LogP contribution in [-0.2, 0) is 6.18 Å². The van der Waals surface area contributed by atoms with Gasteiger partial charge in [0.1, 0.15) is 17.5 Å². The quantitative estimate of drug-likeness (QED) is 0.301. The molecule has 0 aliphatic heterocycles. The molecule has 0 aliphatic rings. The molecular weight excluding hydrogens is 498 g/mol.